The molecule has 0 radical (unpaired) electrons. The number of hydrogen-bond acceptors (Lipinski definition) is 7. The molecule has 4 rings (SSSR count). The molecule has 2 N–H and O–H groups in total. The fourth-order valence-electron chi connectivity index (χ4n) is 3.52. The van der Waals surface area contributed by atoms with E-state index in [9.17, 15) is 18.0 Å². The number of halogens is 3. The lowest BCUT2D eigenvalue weighted by Crippen LogP contribution is -2.45. The summed E-state index contributed by atoms with van der Waals surface area (Å²) in [7, 11) is 2.08. The van der Waals surface area contributed by atoms with E-state index in [2.05, 4.69) is 53.9 Å². The number of carbonyl (C=O) groups excluding carboxylic acids is 1. The molecule has 1 aromatic carbocycles. The summed E-state index contributed by atoms with van der Waals surface area (Å²) in [6.45, 7) is 4.89. The lowest BCUT2D eigenvalue weighted by molar-refractivity contribution is -0.140. The van der Waals surface area contributed by atoms with Crippen LogP contribution < -0.4 is 10.1 Å². The third kappa shape index (κ3) is 6.80. The average Bonchev–Trinajstić information content (AvgIpc) is 3.37. The van der Waals surface area contributed by atoms with Crippen LogP contribution in [0.4, 0.5) is 18.9 Å². The first-order valence-corrected chi connectivity index (χ1v) is 11.2. The number of likely N-dealkylation sites (N-methyl/N-ethyl adjacent to an activating group) is 1. The number of rotatable bonds is 6. The molecule has 1 amide bonds. The molecule has 1 aliphatic heterocycles. The highest BCUT2D eigenvalue weighted by Gasteiger charge is 2.33. The zero-order valence-electron chi connectivity index (χ0n) is 19.5. The van der Waals surface area contributed by atoms with E-state index in [1.54, 1.807) is 12.1 Å². The summed E-state index contributed by atoms with van der Waals surface area (Å²) in [5.41, 5.74) is 0.0999. The first kappa shape index (κ1) is 25.2. The summed E-state index contributed by atoms with van der Waals surface area (Å²) in [6, 6.07) is 4.66. The number of imidazole rings is 1. The van der Waals surface area contributed by atoms with E-state index in [1.807, 2.05) is 0 Å². The molecule has 1 aliphatic rings. The molecule has 36 heavy (non-hydrogen) atoms. The Bertz CT molecular complexity index is 1240. The Kier molecular flexibility index (Phi) is 7.82. The van der Waals surface area contributed by atoms with Crippen molar-refractivity contribution in [2.75, 3.05) is 51.7 Å². The molecule has 0 aliphatic carbocycles. The summed E-state index contributed by atoms with van der Waals surface area (Å²) in [5, 5.41) is 2.66. The van der Waals surface area contributed by atoms with Gasteiger partial charge < -0.3 is 19.9 Å². The van der Waals surface area contributed by atoms with Crippen molar-refractivity contribution in [3.8, 4) is 29.0 Å². The molecule has 188 valence electrons. The van der Waals surface area contributed by atoms with E-state index in [1.165, 1.54) is 24.8 Å². The number of piperazine rings is 1. The number of carbonyl (C=O) groups is 1. The topological polar surface area (TPSA) is 99.3 Å². The minimum Gasteiger partial charge on any atom is -0.490 e. The lowest BCUT2D eigenvalue weighted by Gasteiger charge is -2.32. The van der Waals surface area contributed by atoms with Crippen LogP contribution in [0, 0.1) is 11.8 Å². The van der Waals surface area contributed by atoms with Crippen molar-refractivity contribution in [1.29, 1.82) is 0 Å². The van der Waals surface area contributed by atoms with Crippen molar-refractivity contribution in [3.05, 3.63) is 54.4 Å². The highest BCUT2D eigenvalue weighted by molar-refractivity contribution is 6.05. The maximum atomic E-state index is 13.0. The molecule has 0 saturated carbocycles. The summed E-state index contributed by atoms with van der Waals surface area (Å²) >= 11 is 0. The van der Waals surface area contributed by atoms with Gasteiger partial charge in [0.15, 0.2) is 0 Å². The zero-order chi connectivity index (χ0) is 25.5. The minimum absolute atomic E-state index is 0.00864. The molecule has 3 heterocycles. The van der Waals surface area contributed by atoms with Crippen LogP contribution in [0.1, 0.15) is 11.3 Å². The van der Waals surface area contributed by atoms with Gasteiger partial charge in [0.1, 0.15) is 30.2 Å². The predicted octanol–water partition coefficient (Wildman–Crippen LogP) is 2.50. The number of nitrogens with zero attached hydrogens (tertiary/aromatic N) is 5. The van der Waals surface area contributed by atoms with Crippen LogP contribution in [0.2, 0.25) is 0 Å². The Morgan fingerprint density at radius 2 is 1.92 bits per heavy atom. The summed E-state index contributed by atoms with van der Waals surface area (Å²) in [6.07, 6.45) is 0.458. The highest BCUT2D eigenvalue weighted by Crippen LogP contribution is 2.32. The lowest BCUT2D eigenvalue weighted by atomic mass is 10.1. The van der Waals surface area contributed by atoms with Crippen LogP contribution in [-0.2, 0) is 11.0 Å². The number of anilines is 1. The normalized spacial score (nSPS) is 14.7. The molecule has 0 spiro atoms. The number of benzene rings is 1. The van der Waals surface area contributed by atoms with Crippen LogP contribution in [0.25, 0.3) is 11.4 Å². The van der Waals surface area contributed by atoms with Gasteiger partial charge in [-0.15, -0.1) is 0 Å². The number of amides is 1. The van der Waals surface area contributed by atoms with Gasteiger partial charge in [0.05, 0.1) is 17.4 Å². The summed E-state index contributed by atoms with van der Waals surface area (Å²) < 4.78 is 44.9. The number of hydrogen-bond donors (Lipinski definition) is 2. The smallest absolute Gasteiger partial charge is 0.432 e. The summed E-state index contributed by atoms with van der Waals surface area (Å²) in [5.74, 6) is 4.86. The van der Waals surface area contributed by atoms with E-state index in [4.69, 9.17) is 4.74 Å². The second kappa shape index (κ2) is 11.2. The van der Waals surface area contributed by atoms with Gasteiger partial charge in [0, 0.05) is 56.6 Å². The molecule has 0 bridgehead atoms. The number of aromatic amines is 1. The molecule has 2 aromatic heterocycles. The first-order valence-electron chi connectivity index (χ1n) is 11.2. The molecule has 9 nitrogen and oxygen atoms in total. The number of H-pyrrole nitrogens is 1. The molecule has 1 fully saturated rings. The molecular formula is C24H24F3N7O2. The van der Waals surface area contributed by atoms with Gasteiger partial charge in [-0.2, -0.15) is 13.2 Å². The third-order valence-electron chi connectivity index (χ3n) is 5.52. The average molecular weight is 499 g/mol. The maximum Gasteiger partial charge on any atom is 0.432 e. The van der Waals surface area contributed by atoms with Gasteiger partial charge in [0.25, 0.3) is 0 Å². The second-order valence-electron chi connectivity index (χ2n) is 8.18. The van der Waals surface area contributed by atoms with Gasteiger partial charge in [-0.05, 0) is 25.2 Å². The number of nitrogens with one attached hydrogen (secondary N) is 2. The largest absolute Gasteiger partial charge is 0.490 e. The number of ether oxygens (including phenoxy) is 1. The second-order valence-corrected chi connectivity index (χ2v) is 8.18. The van der Waals surface area contributed by atoms with Crippen molar-refractivity contribution < 1.29 is 22.7 Å². The Morgan fingerprint density at radius 1 is 1.17 bits per heavy atom. The Labute approximate surface area is 205 Å². The van der Waals surface area contributed by atoms with Crippen LogP contribution >= 0.6 is 0 Å². The molecular weight excluding hydrogens is 475 g/mol. The van der Waals surface area contributed by atoms with Crippen LogP contribution in [-0.4, -0.2) is 82.0 Å². The van der Waals surface area contributed by atoms with E-state index >= 15 is 0 Å². The fourth-order valence-corrected chi connectivity index (χ4v) is 3.52. The van der Waals surface area contributed by atoms with E-state index in [-0.39, 0.29) is 11.5 Å². The summed E-state index contributed by atoms with van der Waals surface area (Å²) in [4.78, 5) is 30.8. The van der Waals surface area contributed by atoms with Gasteiger partial charge in [-0.1, -0.05) is 5.92 Å². The quantitative estimate of drug-likeness (QED) is 0.503. The first-order chi connectivity index (χ1) is 17.3. The third-order valence-corrected chi connectivity index (χ3v) is 5.52. The van der Waals surface area contributed by atoms with Crippen molar-refractivity contribution in [1.82, 2.24) is 29.7 Å². The fraction of sp³-hybridized carbons (Fsp3) is 0.333. The van der Waals surface area contributed by atoms with E-state index in [0.717, 1.165) is 32.4 Å². The molecule has 1 saturated heterocycles. The highest BCUT2D eigenvalue weighted by atomic mass is 19.4. The minimum atomic E-state index is -4.55. The number of aromatic nitrogens is 4. The number of alkyl halides is 3. The van der Waals surface area contributed by atoms with Gasteiger partial charge in [0.2, 0.25) is 0 Å². The predicted molar refractivity (Wildman–Crippen MR) is 126 cm³/mol. The van der Waals surface area contributed by atoms with Crippen LogP contribution in [0.3, 0.4) is 0 Å². The van der Waals surface area contributed by atoms with Crippen molar-refractivity contribution in [2.45, 2.75) is 6.18 Å². The van der Waals surface area contributed by atoms with Crippen LogP contribution in [0.15, 0.2) is 43.1 Å². The molecule has 3 aromatic rings. The Hall–Kier alpha value is -3.95. The van der Waals surface area contributed by atoms with Gasteiger partial charge >= 0.3 is 12.1 Å². The van der Waals surface area contributed by atoms with Crippen molar-refractivity contribution >= 4 is 11.6 Å². The molecule has 0 unspecified atom stereocenters. The van der Waals surface area contributed by atoms with E-state index in [0.29, 0.717) is 30.0 Å². The zero-order valence-corrected chi connectivity index (χ0v) is 19.5. The van der Waals surface area contributed by atoms with Gasteiger partial charge in [-0.25, -0.2) is 15.0 Å². The SMILES string of the molecule is CN1CCN(CCOc2ccc(-c3ncc(C(F)(F)F)[nH]3)cc2NC(=O)C#Cc2cncnc2)CC1. The van der Waals surface area contributed by atoms with E-state index < -0.39 is 17.8 Å². The van der Waals surface area contributed by atoms with Crippen molar-refractivity contribution in [3.63, 3.8) is 0 Å². The Morgan fingerprint density at radius 3 is 2.61 bits per heavy atom. The monoisotopic (exact) mass is 499 g/mol. The molecule has 12 heteroatoms. The maximum absolute atomic E-state index is 13.0. The van der Waals surface area contributed by atoms with Gasteiger partial charge in [-0.3, -0.25) is 9.69 Å². The van der Waals surface area contributed by atoms with Crippen LogP contribution in [0.5, 0.6) is 5.75 Å². The van der Waals surface area contributed by atoms with Crippen molar-refractivity contribution in [2.24, 2.45) is 0 Å². The standard InChI is InChI=1S/C24H24F3N7O2/c1-33-6-8-34(9-7-33)10-11-36-20-4-3-18(23-30-15-21(32-23)24(25,26)27)12-19(20)31-22(35)5-2-17-13-28-16-29-14-17/h3-4,12-16H,6-11H2,1H3,(H,30,32)(H,31,35). The molecule has 0 atom stereocenters. The Balaban J connectivity index is 1.51.